The van der Waals surface area contributed by atoms with E-state index in [-0.39, 0.29) is 0 Å². The third-order valence-electron chi connectivity index (χ3n) is 4.20. The predicted octanol–water partition coefficient (Wildman–Crippen LogP) is 4.71. The van der Waals surface area contributed by atoms with Crippen molar-refractivity contribution in [1.82, 2.24) is 10.3 Å². The van der Waals surface area contributed by atoms with Crippen molar-refractivity contribution in [2.24, 2.45) is 5.92 Å². The van der Waals surface area contributed by atoms with Gasteiger partial charge in [-0.1, -0.05) is 45.7 Å². The lowest BCUT2D eigenvalue weighted by molar-refractivity contribution is 0.376. The van der Waals surface area contributed by atoms with Crippen LogP contribution in [0.1, 0.15) is 51.6 Å². The quantitative estimate of drug-likeness (QED) is 0.788. The summed E-state index contributed by atoms with van der Waals surface area (Å²) in [7, 11) is 0. The molecule has 0 radical (unpaired) electrons. The van der Waals surface area contributed by atoms with E-state index in [2.05, 4.69) is 55.3 Å². The number of benzene rings is 1. The van der Waals surface area contributed by atoms with Gasteiger partial charge in [-0.2, -0.15) is 0 Å². The van der Waals surface area contributed by atoms with Crippen LogP contribution in [0.25, 0.3) is 10.9 Å². The largest absolute Gasteiger partial charge is 0.310 e. The molecule has 0 fully saturated rings. The number of fused-ring (bicyclic) bond motifs is 1. The monoisotopic (exact) mass is 270 g/mol. The van der Waals surface area contributed by atoms with Crippen LogP contribution < -0.4 is 5.32 Å². The zero-order valence-corrected chi connectivity index (χ0v) is 12.9. The van der Waals surface area contributed by atoms with Crippen molar-refractivity contribution in [3.05, 3.63) is 42.1 Å². The van der Waals surface area contributed by atoms with Crippen LogP contribution in [0.15, 0.2) is 36.5 Å². The molecule has 0 bridgehead atoms. The molecular formula is C18H26N2. The second-order valence-corrected chi connectivity index (χ2v) is 5.48. The Hall–Kier alpha value is -1.41. The summed E-state index contributed by atoms with van der Waals surface area (Å²) in [5.41, 5.74) is 2.47. The molecule has 0 saturated carbocycles. The topological polar surface area (TPSA) is 24.9 Å². The van der Waals surface area contributed by atoms with Gasteiger partial charge in [-0.05, 0) is 42.6 Å². The smallest absolute Gasteiger partial charge is 0.0702 e. The second kappa shape index (κ2) is 7.39. The van der Waals surface area contributed by atoms with Gasteiger partial charge in [-0.3, -0.25) is 4.98 Å². The lowest BCUT2D eigenvalue weighted by Gasteiger charge is -2.23. The van der Waals surface area contributed by atoms with E-state index in [4.69, 9.17) is 0 Å². The number of hydrogen-bond donors (Lipinski definition) is 1. The highest BCUT2D eigenvalue weighted by Gasteiger charge is 2.15. The second-order valence-electron chi connectivity index (χ2n) is 5.48. The summed E-state index contributed by atoms with van der Waals surface area (Å²) < 4.78 is 0. The van der Waals surface area contributed by atoms with E-state index in [1.807, 2.05) is 12.3 Å². The van der Waals surface area contributed by atoms with Crippen molar-refractivity contribution in [2.75, 3.05) is 6.54 Å². The fraction of sp³-hybridized carbons (Fsp3) is 0.500. The number of nitrogens with one attached hydrogen (secondary N) is 1. The Morgan fingerprint density at radius 3 is 2.60 bits per heavy atom. The summed E-state index contributed by atoms with van der Waals surface area (Å²) in [6.45, 7) is 7.78. The normalized spacial score (nSPS) is 13.0. The van der Waals surface area contributed by atoms with Crippen molar-refractivity contribution in [1.29, 1.82) is 0 Å². The third-order valence-corrected chi connectivity index (χ3v) is 4.20. The number of aromatic nitrogens is 1. The molecule has 0 amide bonds. The predicted molar refractivity (Wildman–Crippen MR) is 86.8 cm³/mol. The van der Waals surface area contributed by atoms with Crippen molar-refractivity contribution in [3.63, 3.8) is 0 Å². The van der Waals surface area contributed by atoms with Gasteiger partial charge in [-0.25, -0.2) is 0 Å². The summed E-state index contributed by atoms with van der Waals surface area (Å²) in [4.78, 5) is 4.40. The molecule has 1 aromatic heterocycles. The zero-order chi connectivity index (χ0) is 14.4. The van der Waals surface area contributed by atoms with Gasteiger partial charge in [0.25, 0.3) is 0 Å². The minimum absolute atomic E-state index is 0.453. The molecule has 1 atom stereocenters. The molecule has 2 rings (SSSR count). The molecule has 0 saturated heterocycles. The van der Waals surface area contributed by atoms with Crippen molar-refractivity contribution >= 4 is 10.9 Å². The Kier molecular flexibility index (Phi) is 5.54. The maximum absolute atomic E-state index is 4.40. The number of nitrogens with zero attached hydrogens (tertiary/aromatic N) is 1. The van der Waals surface area contributed by atoms with E-state index in [0.717, 1.165) is 18.0 Å². The summed E-state index contributed by atoms with van der Waals surface area (Å²) >= 11 is 0. The van der Waals surface area contributed by atoms with E-state index in [1.165, 1.54) is 30.2 Å². The summed E-state index contributed by atoms with van der Waals surface area (Å²) in [5, 5.41) is 4.88. The first-order valence-corrected chi connectivity index (χ1v) is 7.86. The van der Waals surface area contributed by atoms with Crippen LogP contribution in [-0.2, 0) is 0 Å². The van der Waals surface area contributed by atoms with Gasteiger partial charge in [-0.15, -0.1) is 0 Å². The average Bonchev–Trinajstić information content (AvgIpc) is 2.51. The highest BCUT2D eigenvalue weighted by Crippen LogP contribution is 2.27. The van der Waals surface area contributed by atoms with Crippen LogP contribution in [0, 0.1) is 5.92 Å². The fourth-order valence-electron chi connectivity index (χ4n) is 2.85. The Bertz CT molecular complexity index is 532. The fourth-order valence-corrected chi connectivity index (χ4v) is 2.85. The van der Waals surface area contributed by atoms with Crippen molar-refractivity contribution < 1.29 is 0 Å². The van der Waals surface area contributed by atoms with Crippen LogP contribution in [0.5, 0.6) is 0 Å². The summed E-state index contributed by atoms with van der Waals surface area (Å²) in [5.74, 6) is 0.795. The average molecular weight is 270 g/mol. The maximum Gasteiger partial charge on any atom is 0.0702 e. The van der Waals surface area contributed by atoms with E-state index in [9.17, 15) is 0 Å². The van der Waals surface area contributed by atoms with Gasteiger partial charge in [0.1, 0.15) is 0 Å². The molecule has 20 heavy (non-hydrogen) atoms. The van der Waals surface area contributed by atoms with Crippen LogP contribution >= 0.6 is 0 Å². The summed E-state index contributed by atoms with van der Waals surface area (Å²) in [6, 6.07) is 11.3. The lowest BCUT2D eigenvalue weighted by Crippen LogP contribution is -2.23. The molecule has 2 aromatic rings. The molecule has 1 heterocycles. The standard InChI is InChI=1S/C18H26N2/c1-4-14(5-2)12-18(19-6-3)16-9-10-17-15(13-16)8-7-11-20-17/h7-11,13-14,18-19H,4-6,12H2,1-3H3. The van der Waals surface area contributed by atoms with E-state index in [1.54, 1.807) is 0 Å². The van der Waals surface area contributed by atoms with E-state index < -0.39 is 0 Å². The minimum Gasteiger partial charge on any atom is -0.310 e. The van der Waals surface area contributed by atoms with Gasteiger partial charge in [0.2, 0.25) is 0 Å². The first kappa shape index (κ1) is 15.0. The van der Waals surface area contributed by atoms with Gasteiger partial charge < -0.3 is 5.32 Å². The lowest BCUT2D eigenvalue weighted by atomic mass is 9.90. The van der Waals surface area contributed by atoms with E-state index >= 15 is 0 Å². The third kappa shape index (κ3) is 3.57. The molecule has 2 heteroatoms. The molecule has 1 aromatic carbocycles. The highest BCUT2D eigenvalue weighted by molar-refractivity contribution is 5.79. The molecule has 1 N–H and O–H groups in total. The number of rotatable bonds is 7. The van der Waals surface area contributed by atoms with Gasteiger partial charge in [0.05, 0.1) is 5.52 Å². The number of hydrogen-bond acceptors (Lipinski definition) is 2. The molecule has 0 aliphatic rings. The maximum atomic E-state index is 4.40. The van der Waals surface area contributed by atoms with Crippen LogP contribution in [0.3, 0.4) is 0 Å². The Labute approximate surface area is 122 Å². The molecule has 0 spiro atoms. The molecule has 0 aliphatic carbocycles. The first-order chi connectivity index (χ1) is 9.78. The first-order valence-electron chi connectivity index (χ1n) is 7.86. The van der Waals surface area contributed by atoms with Crippen molar-refractivity contribution in [3.8, 4) is 0 Å². The minimum atomic E-state index is 0.453. The Morgan fingerprint density at radius 1 is 1.10 bits per heavy atom. The number of pyridine rings is 1. The van der Waals surface area contributed by atoms with Gasteiger partial charge >= 0.3 is 0 Å². The zero-order valence-electron chi connectivity index (χ0n) is 12.9. The van der Waals surface area contributed by atoms with Crippen LogP contribution in [0.4, 0.5) is 0 Å². The molecule has 108 valence electrons. The Morgan fingerprint density at radius 2 is 1.90 bits per heavy atom. The molecule has 1 unspecified atom stereocenters. The SMILES string of the molecule is CCNC(CC(CC)CC)c1ccc2ncccc2c1. The molecule has 0 aliphatic heterocycles. The Balaban J connectivity index is 2.25. The van der Waals surface area contributed by atoms with Crippen molar-refractivity contribution in [2.45, 2.75) is 46.1 Å². The van der Waals surface area contributed by atoms with E-state index in [0.29, 0.717) is 6.04 Å². The van der Waals surface area contributed by atoms with Crippen LogP contribution in [0.2, 0.25) is 0 Å². The van der Waals surface area contributed by atoms with Gasteiger partial charge in [0.15, 0.2) is 0 Å². The van der Waals surface area contributed by atoms with Gasteiger partial charge in [0, 0.05) is 17.6 Å². The summed E-state index contributed by atoms with van der Waals surface area (Å²) in [6.07, 6.45) is 5.58. The highest BCUT2D eigenvalue weighted by atomic mass is 14.9. The molecular weight excluding hydrogens is 244 g/mol. The van der Waals surface area contributed by atoms with Crippen LogP contribution in [-0.4, -0.2) is 11.5 Å². The molecule has 2 nitrogen and oxygen atoms in total.